The van der Waals surface area contributed by atoms with Crippen molar-refractivity contribution in [2.24, 2.45) is 0 Å². The van der Waals surface area contributed by atoms with Gasteiger partial charge in [0.1, 0.15) is 17.2 Å². The van der Waals surface area contributed by atoms with Crippen molar-refractivity contribution in [1.29, 1.82) is 0 Å². The molecule has 0 atom stereocenters. The smallest absolute Gasteiger partial charge is 0.339 e. The molecule has 6 heteroatoms. The fourth-order valence-corrected chi connectivity index (χ4v) is 2.26. The average Bonchev–Trinajstić information content (AvgIpc) is 2.89. The third kappa shape index (κ3) is 3.89. The van der Waals surface area contributed by atoms with Crippen molar-refractivity contribution < 1.29 is 14.3 Å². The number of anilines is 1. The SMILES string of the molecule is O=C(O)c1cc(F)cnc1NCCCN1CCCC1. The van der Waals surface area contributed by atoms with E-state index in [-0.39, 0.29) is 11.4 Å². The summed E-state index contributed by atoms with van der Waals surface area (Å²) in [6.45, 7) is 3.93. The number of carboxylic acid groups (broad SMARTS) is 1. The Bertz CT molecular complexity index is 448. The van der Waals surface area contributed by atoms with Crippen LogP contribution in [0, 0.1) is 5.82 Å². The first-order valence-electron chi connectivity index (χ1n) is 6.52. The second kappa shape index (κ2) is 6.47. The largest absolute Gasteiger partial charge is 0.478 e. The predicted octanol–water partition coefficient (Wildman–Crippen LogP) is 1.82. The van der Waals surface area contributed by atoms with Crippen molar-refractivity contribution in [3.63, 3.8) is 0 Å². The first kappa shape index (κ1) is 13.7. The Kier molecular flexibility index (Phi) is 4.68. The first-order chi connectivity index (χ1) is 9.16. The molecule has 1 aromatic rings. The molecule has 0 spiro atoms. The van der Waals surface area contributed by atoms with E-state index in [1.807, 2.05) is 0 Å². The Morgan fingerprint density at radius 3 is 2.89 bits per heavy atom. The van der Waals surface area contributed by atoms with Crippen LogP contribution < -0.4 is 5.32 Å². The van der Waals surface area contributed by atoms with Crippen LogP contribution in [-0.4, -0.2) is 47.1 Å². The molecule has 19 heavy (non-hydrogen) atoms. The van der Waals surface area contributed by atoms with E-state index in [9.17, 15) is 9.18 Å². The molecule has 5 nitrogen and oxygen atoms in total. The molecule has 0 saturated carbocycles. The number of rotatable bonds is 6. The molecule has 1 aliphatic rings. The summed E-state index contributed by atoms with van der Waals surface area (Å²) in [5.41, 5.74) is -0.124. The Morgan fingerprint density at radius 1 is 1.47 bits per heavy atom. The topological polar surface area (TPSA) is 65.5 Å². The minimum atomic E-state index is -1.17. The monoisotopic (exact) mass is 267 g/mol. The molecular formula is C13H18FN3O2. The van der Waals surface area contributed by atoms with E-state index < -0.39 is 11.8 Å². The van der Waals surface area contributed by atoms with Crippen LogP contribution in [0.25, 0.3) is 0 Å². The van der Waals surface area contributed by atoms with E-state index >= 15 is 0 Å². The number of hydrogen-bond donors (Lipinski definition) is 2. The maximum atomic E-state index is 12.9. The van der Waals surface area contributed by atoms with Crippen molar-refractivity contribution in [3.05, 3.63) is 23.6 Å². The van der Waals surface area contributed by atoms with Gasteiger partial charge >= 0.3 is 5.97 Å². The van der Waals surface area contributed by atoms with Gasteiger partial charge in [0.25, 0.3) is 0 Å². The zero-order valence-electron chi connectivity index (χ0n) is 10.7. The summed E-state index contributed by atoms with van der Waals surface area (Å²) in [6.07, 6.45) is 4.46. The molecule has 1 saturated heterocycles. The zero-order valence-corrected chi connectivity index (χ0v) is 10.7. The van der Waals surface area contributed by atoms with Crippen LogP contribution in [0.15, 0.2) is 12.3 Å². The van der Waals surface area contributed by atoms with Crippen LogP contribution in [0.3, 0.4) is 0 Å². The summed E-state index contributed by atoms with van der Waals surface area (Å²) in [7, 11) is 0. The molecule has 0 bridgehead atoms. The third-order valence-electron chi connectivity index (χ3n) is 3.23. The molecule has 1 aromatic heterocycles. The molecule has 0 aliphatic carbocycles. The maximum absolute atomic E-state index is 12.9. The number of likely N-dealkylation sites (tertiary alicyclic amines) is 1. The van der Waals surface area contributed by atoms with Crippen LogP contribution in [0.1, 0.15) is 29.6 Å². The first-order valence-corrected chi connectivity index (χ1v) is 6.52. The summed E-state index contributed by atoms with van der Waals surface area (Å²) < 4.78 is 12.9. The fraction of sp³-hybridized carbons (Fsp3) is 0.538. The Balaban J connectivity index is 1.83. The van der Waals surface area contributed by atoms with Crippen LogP contribution >= 0.6 is 0 Å². The van der Waals surface area contributed by atoms with E-state index in [2.05, 4.69) is 15.2 Å². The minimum absolute atomic E-state index is 0.124. The lowest BCUT2D eigenvalue weighted by Gasteiger charge is -2.14. The van der Waals surface area contributed by atoms with E-state index in [4.69, 9.17) is 5.11 Å². The van der Waals surface area contributed by atoms with E-state index in [1.54, 1.807) is 0 Å². The standard InChI is InChI=1S/C13H18FN3O2/c14-10-8-11(13(18)19)12(16-9-10)15-4-3-7-17-5-1-2-6-17/h8-9H,1-7H2,(H,15,16)(H,18,19). The molecule has 2 heterocycles. The summed E-state index contributed by atoms with van der Waals surface area (Å²) in [4.78, 5) is 17.1. The number of carboxylic acids is 1. The van der Waals surface area contributed by atoms with Crippen molar-refractivity contribution in [3.8, 4) is 0 Å². The lowest BCUT2D eigenvalue weighted by molar-refractivity contribution is 0.0697. The number of halogens is 1. The van der Waals surface area contributed by atoms with Gasteiger partial charge in [-0.15, -0.1) is 0 Å². The van der Waals surface area contributed by atoms with E-state index in [1.165, 1.54) is 12.8 Å². The second-order valence-corrected chi connectivity index (χ2v) is 4.68. The van der Waals surface area contributed by atoms with Crippen molar-refractivity contribution in [1.82, 2.24) is 9.88 Å². The highest BCUT2D eigenvalue weighted by Crippen LogP contribution is 2.14. The summed E-state index contributed by atoms with van der Waals surface area (Å²) in [5.74, 6) is -1.58. The summed E-state index contributed by atoms with van der Waals surface area (Å²) in [6, 6.07) is 0.984. The molecule has 2 N–H and O–H groups in total. The van der Waals surface area contributed by atoms with Crippen molar-refractivity contribution >= 4 is 11.8 Å². The number of pyridine rings is 1. The Hall–Kier alpha value is -1.69. The van der Waals surface area contributed by atoms with Crippen LogP contribution in [0.2, 0.25) is 0 Å². The number of hydrogen-bond acceptors (Lipinski definition) is 4. The Labute approximate surface area is 111 Å². The van der Waals surface area contributed by atoms with Crippen molar-refractivity contribution in [2.45, 2.75) is 19.3 Å². The molecular weight excluding hydrogens is 249 g/mol. The third-order valence-corrected chi connectivity index (χ3v) is 3.23. The molecule has 2 rings (SSSR count). The number of nitrogens with zero attached hydrogens (tertiary/aromatic N) is 2. The van der Waals surface area contributed by atoms with Crippen LogP contribution in [0.4, 0.5) is 10.2 Å². The van der Waals surface area contributed by atoms with Gasteiger partial charge in [-0.25, -0.2) is 14.2 Å². The molecule has 0 aromatic carbocycles. The number of aromatic nitrogens is 1. The molecule has 0 radical (unpaired) electrons. The number of aromatic carboxylic acids is 1. The summed E-state index contributed by atoms with van der Waals surface area (Å²) in [5, 5.41) is 11.9. The highest BCUT2D eigenvalue weighted by atomic mass is 19.1. The normalized spacial score (nSPS) is 15.6. The average molecular weight is 267 g/mol. The highest BCUT2D eigenvalue weighted by Gasteiger charge is 2.13. The fourth-order valence-electron chi connectivity index (χ4n) is 2.26. The maximum Gasteiger partial charge on any atom is 0.339 e. The minimum Gasteiger partial charge on any atom is -0.478 e. The van der Waals surface area contributed by atoms with Gasteiger partial charge in [-0.05, 0) is 45.0 Å². The molecule has 1 aliphatic heterocycles. The van der Waals surface area contributed by atoms with Crippen LogP contribution in [-0.2, 0) is 0 Å². The summed E-state index contributed by atoms with van der Waals surface area (Å²) >= 11 is 0. The quantitative estimate of drug-likeness (QED) is 0.770. The molecule has 1 fully saturated rings. The van der Waals surface area contributed by atoms with Crippen LogP contribution in [0.5, 0.6) is 0 Å². The van der Waals surface area contributed by atoms with Crippen molar-refractivity contribution in [2.75, 3.05) is 31.5 Å². The van der Waals surface area contributed by atoms with Gasteiger partial charge in [-0.2, -0.15) is 0 Å². The van der Waals surface area contributed by atoms with Gasteiger partial charge in [-0.1, -0.05) is 0 Å². The van der Waals surface area contributed by atoms with E-state index in [0.29, 0.717) is 6.54 Å². The molecule has 0 amide bonds. The van der Waals surface area contributed by atoms with Gasteiger partial charge in [0.15, 0.2) is 0 Å². The van der Waals surface area contributed by atoms with Gasteiger partial charge < -0.3 is 15.3 Å². The van der Waals surface area contributed by atoms with Gasteiger partial charge in [0.05, 0.1) is 6.20 Å². The van der Waals surface area contributed by atoms with E-state index in [0.717, 1.165) is 38.3 Å². The highest BCUT2D eigenvalue weighted by molar-refractivity contribution is 5.93. The van der Waals surface area contributed by atoms with Gasteiger partial charge in [-0.3, -0.25) is 0 Å². The zero-order chi connectivity index (χ0) is 13.7. The van der Waals surface area contributed by atoms with Gasteiger partial charge in [0.2, 0.25) is 0 Å². The predicted molar refractivity (Wildman–Crippen MR) is 69.9 cm³/mol. The second-order valence-electron chi connectivity index (χ2n) is 4.68. The van der Waals surface area contributed by atoms with Gasteiger partial charge in [0, 0.05) is 6.54 Å². The lowest BCUT2D eigenvalue weighted by Crippen LogP contribution is -2.22. The number of nitrogens with one attached hydrogen (secondary N) is 1. The molecule has 0 unspecified atom stereocenters. The lowest BCUT2D eigenvalue weighted by atomic mass is 10.2. The Morgan fingerprint density at radius 2 is 2.21 bits per heavy atom. The molecule has 104 valence electrons. The number of carbonyl (C=O) groups is 1.